The maximum Gasteiger partial charge on any atom is 0.0413 e. The minimum absolute atomic E-state index is 0.202. The highest BCUT2D eigenvalue weighted by atomic mass is 31.1. The van der Waals surface area contributed by atoms with Gasteiger partial charge in [-0.25, -0.2) is 0 Å². The molecule has 0 amide bonds. The molecule has 2 aliphatic rings. The van der Waals surface area contributed by atoms with Crippen molar-refractivity contribution >= 4 is 15.8 Å². The van der Waals surface area contributed by atoms with Crippen molar-refractivity contribution in [1.82, 2.24) is 21.3 Å². The van der Waals surface area contributed by atoms with Crippen molar-refractivity contribution in [3.8, 4) is 11.1 Å². The Morgan fingerprint density at radius 2 is 1.25 bits per heavy atom. The van der Waals surface area contributed by atoms with Crippen LogP contribution >= 0.6 is 15.8 Å². The van der Waals surface area contributed by atoms with Crippen LogP contribution in [-0.4, -0.2) is 61.1 Å². The minimum atomic E-state index is -0.292. The van der Waals surface area contributed by atoms with E-state index in [-0.39, 0.29) is 15.8 Å². The summed E-state index contributed by atoms with van der Waals surface area (Å²) in [6.07, 6.45) is 2.37. The molecular formula is C30H48N4P2. The topological polar surface area (TPSA) is 48.1 Å². The highest BCUT2D eigenvalue weighted by Gasteiger charge is 2.36. The quantitative estimate of drug-likeness (QED) is 0.337. The molecule has 4 rings (SSSR count). The van der Waals surface area contributed by atoms with Crippen molar-refractivity contribution in [2.24, 2.45) is 0 Å². The average molecular weight is 527 g/mol. The first kappa shape index (κ1) is 28.2. The van der Waals surface area contributed by atoms with Gasteiger partial charge in [0.15, 0.2) is 0 Å². The first-order chi connectivity index (χ1) is 17.1. The van der Waals surface area contributed by atoms with E-state index in [0.29, 0.717) is 21.9 Å². The van der Waals surface area contributed by atoms with Crippen LogP contribution in [0, 0.1) is 0 Å². The third-order valence-corrected chi connectivity index (χ3v) is 14.4. The molecule has 2 fully saturated rings. The highest BCUT2D eigenvalue weighted by Crippen LogP contribution is 2.62. The molecule has 2 atom stereocenters. The second kappa shape index (κ2) is 12.3. The monoisotopic (exact) mass is 526 g/mol. The van der Waals surface area contributed by atoms with E-state index in [4.69, 9.17) is 0 Å². The van der Waals surface area contributed by atoms with Gasteiger partial charge in [-0.15, -0.1) is 0 Å². The lowest BCUT2D eigenvalue weighted by Crippen LogP contribution is -2.53. The van der Waals surface area contributed by atoms with Gasteiger partial charge in [0.25, 0.3) is 0 Å². The first-order valence-corrected chi connectivity index (χ1v) is 16.9. The Labute approximate surface area is 222 Å². The van der Waals surface area contributed by atoms with Crippen molar-refractivity contribution in [3.05, 3.63) is 59.7 Å². The lowest BCUT2D eigenvalue weighted by Gasteiger charge is -2.43. The van der Waals surface area contributed by atoms with Gasteiger partial charge in [0.2, 0.25) is 0 Å². The number of hydrogen-bond donors (Lipinski definition) is 4. The van der Waals surface area contributed by atoms with Gasteiger partial charge in [-0.1, -0.05) is 106 Å². The number of hydrogen-bond acceptors (Lipinski definition) is 4. The molecule has 36 heavy (non-hydrogen) atoms. The van der Waals surface area contributed by atoms with Gasteiger partial charge in [0.05, 0.1) is 0 Å². The normalized spacial score (nSPS) is 22.5. The zero-order valence-corrected chi connectivity index (χ0v) is 25.1. The predicted molar refractivity (Wildman–Crippen MR) is 162 cm³/mol. The molecule has 2 aliphatic heterocycles. The summed E-state index contributed by atoms with van der Waals surface area (Å²) in [7, 11) is -0.494. The number of nitrogens with one attached hydrogen (secondary N) is 4. The molecule has 2 heterocycles. The molecule has 2 aromatic carbocycles. The Bertz CT molecular complexity index is 923. The molecule has 0 aliphatic carbocycles. The third kappa shape index (κ3) is 7.37. The SMILES string of the molecule is CC(C)(C)P(Cc1ccc(-c2ccccc2)cc1CP(C1CNCCN1)C1CNCCN1)C(C)(C)C. The van der Waals surface area contributed by atoms with Gasteiger partial charge in [0, 0.05) is 50.8 Å². The van der Waals surface area contributed by atoms with Crippen LogP contribution in [-0.2, 0) is 12.3 Å². The maximum absolute atomic E-state index is 3.89. The molecule has 0 saturated carbocycles. The van der Waals surface area contributed by atoms with Gasteiger partial charge >= 0.3 is 0 Å². The molecule has 4 N–H and O–H groups in total. The molecule has 2 unspecified atom stereocenters. The van der Waals surface area contributed by atoms with E-state index < -0.39 is 0 Å². The van der Waals surface area contributed by atoms with Gasteiger partial charge in [-0.3, -0.25) is 0 Å². The van der Waals surface area contributed by atoms with Crippen LogP contribution in [0.2, 0.25) is 0 Å². The van der Waals surface area contributed by atoms with Gasteiger partial charge in [-0.2, -0.15) is 0 Å². The van der Waals surface area contributed by atoms with Crippen molar-refractivity contribution < 1.29 is 0 Å². The molecule has 0 aromatic heterocycles. The number of piperazine rings is 2. The Hall–Kier alpha value is -0.860. The second-order valence-corrected chi connectivity index (χ2v) is 18.7. The second-order valence-electron chi connectivity index (χ2n) is 12.3. The lowest BCUT2D eigenvalue weighted by atomic mass is 10.0. The summed E-state index contributed by atoms with van der Waals surface area (Å²) >= 11 is 0. The summed E-state index contributed by atoms with van der Waals surface area (Å²) in [5.74, 6) is 1.09. The van der Waals surface area contributed by atoms with Crippen LogP contribution in [0.5, 0.6) is 0 Å². The molecule has 4 nitrogen and oxygen atoms in total. The predicted octanol–water partition coefficient (Wildman–Crippen LogP) is 5.95. The zero-order chi connectivity index (χ0) is 25.8. The molecule has 2 saturated heterocycles. The van der Waals surface area contributed by atoms with Crippen LogP contribution in [0.1, 0.15) is 52.7 Å². The van der Waals surface area contributed by atoms with E-state index in [9.17, 15) is 0 Å². The summed E-state index contributed by atoms with van der Waals surface area (Å²) in [6, 6.07) is 18.3. The van der Waals surface area contributed by atoms with Crippen molar-refractivity contribution in [1.29, 1.82) is 0 Å². The highest BCUT2D eigenvalue weighted by molar-refractivity contribution is 7.60. The third-order valence-electron chi connectivity index (χ3n) is 7.45. The molecule has 6 heteroatoms. The summed E-state index contributed by atoms with van der Waals surface area (Å²) < 4.78 is 0. The van der Waals surface area contributed by atoms with Crippen molar-refractivity contribution in [2.45, 2.75) is 75.7 Å². The Kier molecular flexibility index (Phi) is 9.64. The summed E-state index contributed by atoms with van der Waals surface area (Å²) in [4.78, 5) is 0. The van der Waals surface area contributed by atoms with Crippen LogP contribution < -0.4 is 21.3 Å². The van der Waals surface area contributed by atoms with Gasteiger partial charge < -0.3 is 21.3 Å². The van der Waals surface area contributed by atoms with E-state index in [1.165, 1.54) is 23.5 Å². The van der Waals surface area contributed by atoms with E-state index in [0.717, 1.165) is 39.3 Å². The Balaban J connectivity index is 1.72. The van der Waals surface area contributed by atoms with Crippen molar-refractivity contribution in [2.75, 3.05) is 39.3 Å². The van der Waals surface area contributed by atoms with E-state index in [1.54, 1.807) is 11.1 Å². The van der Waals surface area contributed by atoms with Crippen LogP contribution in [0.4, 0.5) is 0 Å². The standard InChI is InChI=1S/C30H48N4P2/c1-29(2,3)36(30(4,5)6)22-25-13-12-24(23-10-8-7-9-11-23)18-26(25)21-35(27-19-31-14-16-33-27)28-20-32-15-17-34-28/h7-13,18,27-28,31-34H,14-17,19-22H2,1-6H3. The van der Waals surface area contributed by atoms with Crippen LogP contribution in [0.25, 0.3) is 11.1 Å². The summed E-state index contributed by atoms with van der Waals surface area (Å²) in [5.41, 5.74) is 5.82. The molecule has 2 aromatic rings. The van der Waals surface area contributed by atoms with Crippen LogP contribution in [0.15, 0.2) is 48.5 Å². The van der Waals surface area contributed by atoms with Gasteiger partial charge in [0.1, 0.15) is 0 Å². The lowest BCUT2D eigenvalue weighted by molar-refractivity contribution is 0.472. The Morgan fingerprint density at radius 1 is 0.667 bits per heavy atom. The maximum atomic E-state index is 3.89. The molecule has 0 spiro atoms. The average Bonchev–Trinajstić information content (AvgIpc) is 2.86. The number of rotatable bonds is 7. The molecular weight excluding hydrogens is 478 g/mol. The van der Waals surface area contributed by atoms with Crippen molar-refractivity contribution in [3.63, 3.8) is 0 Å². The fourth-order valence-electron chi connectivity index (χ4n) is 5.77. The summed E-state index contributed by atoms with van der Waals surface area (Å²) in [6.45, 7) is 21.1. The van der Waals surface area contributed by atoms with E-state index in [1.807, 2.05) is 0 Å². The van der Waals surface area contributed by atoms with E-state index >= 15 is 0 Å². The Morgan fingerprint density at radius 3 is 1.75 bits per heavy atom. The minimum Gasteiger partial charge on any atom is -0.314 e. The fraction of sp³-hybridized carbons (Fsp3) is 0.600. The molecule has 198 valence electrons. The summed E-state index contributed by atoms with van der Waals surface area (Å²) in [5, 5.41) is 15.8. The van der Waals surface area contributed by atoms with Crippen LogP contribution in [0.3, 0.4) is 0 Å². The number of benzene rings is 2. The largest absolute Gasteiger partial charge is 0.314 e. The fourth-order valence-corrected chi connectivity index (χ4v) is 12.4. The zero-order valence-electron chi connectivity index (χ0n) is 23.3. The molecule has 0 radical (unpaired) electrons. The smallest absolute Gasteiger partial charge is 0.0413 e. The first-order valence-electron chi connectivity index (χ1n) is 13.7. The molecule has 0 bridgehead atoms. The van der Waals surface area contributed by atoms with E-state index in [2.05, 4.69) is 111 Å². The van der Waals surface area contributed by atoms with Gasteiger partial charge in [-0.05, 0) is 44.9 Å².